The summed E-state index contributed by atoms with van der Waals surface area (Å²) in [6, 6.07) is 1.91. The maximum atomic E-state index is 13.7. The number of aromatic hydroxyl groups is 1. The molecule has 33 heavy (non-hydrogen) atoms. The van der Waals surface area contributed by atoms with Crippen molar-refractivity contribution in [3.8, 4) is 5.75 Å². The molecule has 176 valence electrons. The lowest BCUT2D eigenvalue weighted by atomic mass is 9.54. The van der Waals surface area contributed by atoms with Crippen LogP contribution < -0.4 is 5.73 Å². The fourth-order valence-electron chi connectivity index (χ4n) is 5.59. The van der Waals surface area contributed by atoms with E-state index >= 15 is 0 Å². The number of ketones is 2. The molecular formula is C22H23IN2O8. The van der Waals surface area contributed by atoms with E-state index in [1.165, 1.54) is 19.0 Å². The van der Waals surface area contributed by atoms with Gasteiger partial charge in [0.05, 0.1) is 27.2 Å². The number of aliphatic hydroxyl groups is 4. The number of fused-ring (bicyclic) bond motifs is 3. The number of rotatable bonds is 2. The molecule has 1 aromatic rings. The van der Waals surface area contributed by atoms with Gasteiger partial charge in [-0.15, -0.1) is 0 Å². The SMILES string of the molecule is C[C@H]1c2ccc(I)c(O)c2C(O)=C2C(=O)[C@]3(O)C(O)=C(C(N)=O)C(=O)[C@@H](N(C)C)[C@@H]3[C@@H](O)[C@@H]21. The smallest absolute Gasteiger partial charge is 0.255 e. The number of hydrogen-bond acceptors (Lipinski definition) is 9. The molecular weight excluding hydrogens is 547 g/mol. The third kappa shape index (κ3) is 2.85. The number of carbonyl (C=O) groups excluding carboxylic acids is 3. The van der Waals surface area contributed by atoms with E-state index in [1.807, 2.05) is 22.6 Å². The Hall–Kier alpha value is -2.48. The zero-order chi connectivity index (χ0) is 24.7. The molecule has 3 aliphatic carbocycles. The Morgan fingerprint density at radius 3 is 2.33 bits per heavy atom. The van der Waals surface area contributed by atoms with Crippen molar-refractivity contribution in [1.29, 1.82) is 0 Å². The van der Waals surface area contributed by atoms with Gasteiger partial charge >= 0.3 is 0 Å². The number of primary amides is 1. The summed E-state index contributed by atoms with van der Waals surface area (Å²) in [4.78, 5) is 40.1. The number of amides is 1. The van der Waals surface area contributed by atoms with Crippen molar-refractivity contribution < 1.29 is 39.9 Å². The van der Waals surface area contributed by atoms with Crippen LogP contribution in [0.5, 0.6) is 5.75 Å². The van der Waals surface area contributed by atoms with Crippen LogP contribution in [0.3, 0.4) is 0 Å². The van der Waals surface area contributed by atoms with Crippen molar-refractivity contribution >= 4 is 45.8 Å². The van der Waals surface area contributed by atoms with Crippen LogP contribution in [0, 0.1) is 15.4 Å². The van der Waals surface area contributed by atoms with E-state index in [4.69, 9.17) is 5.73 Å². The molecule has 6 atom stereocenters. The first-order valence-electron chi connectivity index (χ1n) is 10.1. The van der Waals surface area contributed by atoms with Crippen molar-refractivity contribution in [2.24, 2.45) is 17.6 Å². The summed E-state index contributed by atoms with van der Waals surface area (Å²) in [5.74, 6) is -8.85. The monoisotopic (exact) mass is 570 g/mol. The van der Waals surface area contributed by atoms with Gasteiger partial charge in [0.2, 0.25) is 5.78 Å². The first-order chi connectivity index (χ1) is 15.3. The molecule has 0 saturated heterocycles. The van der Waals surface area contributed by atoms with E-state index in [-0.39, 0.29) is 11.3 Å². The summed E-state index contributed by atoms with van der Waals surface area (Å²) in [5.41, 5.74) is 1.49. The van der Waals surface area contributed by atoms with Gasteiger partial charge in [-0.3, -0.25) is 19.3 Å². The first-order valence-corrected chi connectivity index (χ1v) is 11.2. The van der Waals surface area contributed by atoms with E-state index < -0.39 is 75.6 Å². The van der Waals surface area contributed by atoms with E-state index in [0.29, 0.717) is 9.13 Å². The van der Waals surface area contributed by atoms with Gasteiger partial charge in [0.15, 0.2) is 11.4 Å². The average molecular weight is 570 g/mol. The highest BCUT2D eigenvalue weighted by Crippen LogP contribution is 2.56. The molecule has 1 fully saturated rings. The molecule has 0 spiro atoms. The summed E-state index contributed by atoms with van der Waals surface area (Å²) < 4.78 is 0.402. The van der Waals surface area contributed by atoms with Gasteiger partial charge < -0.3 is 31.3 Å². The third-order valence-corrected chi connectivity index (χ3v) is 7.95. The number of halogens is 1. The molecule has 0 aliphatic heterocycles. The Morgan fingerprint density at radius 1 is 1.18 bits per heavy atom. The summed E-state index contributed by atoms with van der Waals surface area (Å²) in [6.07, 6.45) is -1.60. The zero-order valence-electron chi connectivity index (χ0n) is 17.9. The highest BCUT2D eigenvalue weighted by Gasteiger charge is 2.68. The van der Waals surface area contributed by atoms with Gasteiger partial charge in [-0.05, 0) is 54.2 Å². The molecule has 0 unspecified atom stereocenters. The van der Waals surface area contributed by atoms with Crippen LogP contribution in [0.2, 0.25) is 0 Å². The van der Waals surface area contributed by atoms with Crippen LogP contribution in [0.25, 0.3) is 5.76 Å². The van der Waals surface area contributed by atoms with Crippen molar-refractivity contribution in [2.45, 2.75) is 30.6 Å². The topological polar surface area (TPSA) is 182 Å². The number of nitrogens with zero attached hydrogens (tertiary/aromatic N) is 1. The number of Topliss-reactive ketones (excluding diaryl/α,β-unsaturated/α-hetero) is 2. The van der Waals surface area contributed by atoms with E-state index in [2.05, 4.69) is 0 Å². The maximum absolute atomic E-state index is 13.7. The molecule has 0 aromatic heterocycles. The quantitative estimate of drug-likeness (QED) is 0.212. The van der Waals surface area contributed by atoms with E-state index in [0.717, 1.165) is 0 Å². The van der Waals surface area contributed by atoms with Gasteiger partial charge in [-0.1, -0.05) is 13.0 Å². The zero-order valence-corrected chi connectivity index (χ0v) is 20.1. The van der Waals surface area contributed by atoms with E-state index in [1.54, 1.807) is 19.1 Å². The number of carbonyl (C=O) groups is 3. The summed E-state index contributed by atoms with van der Waals surface area (Å²) in [5, 5.41) is 55.4. The lowest BCUT2D eigenvalue weighted by Crippen LogP contribution is -2.70. The molecule has 0 bridgehead atoms. The highest BCUT2D eigenvalue weighted by molar-refractivity contribution is 14.1. The Balaban J connectivity index is 2.07. The fraction of sp³-hybridized carbons (Fsp3) is 0.409. The Labute approximate surface area is 202 Å². The summed E-state index contributed by atoms with van der Waals surface area (Å²) >= 11 is 1.85. The number of hydrogen-bond donors (Lipinski definition) is 6. The van der Waals surface area contributed by atoms with Gasteiger partial charge in [0.1, 0.15) is 22.8 Å². The molecule has 1 aromatic carbocycles. The van der Waals surface area contributed by atoms with Crippen LogP contribution in [0.15, 0.2) is 29.0 Å². The molecule has 4 rings (SSSR count). The lowest BCUT2D eigenvalue weighted by molar-refractivity contribution is -0.169. The normalized spacial score (nSPS) is 33.7. The second-order valence-electron chi connectivity index (χ2n) is 8.91. The largest absolute Gasteiger partial charge is 0.508 e. The predicted octanol–water partition coefficient (Wildman–Crippen LogP) is 0.100. The second-order valence-corrected chi connectivity index (χ2v) is 10.1. The van der Waals surface area contributed by atoms with Crippen molar-refractivity contribution in [2.75, 3.05) is 14.1 Å². The third-order valence-electron chi connectivity index (χ3n) is 7.08. The maximum Gasteiger partial charge on any atom is 0.255 e. The number of nitrogens with two attached hydrogens (primary N) is 1. The molecule has 3 aliphatic rings. The summed E-state index contributed by atoms with van der Waals surface area (Å²) in [6.45, 7) is 1.68. The molecule has 0 heterocycles. The van der Waals surface area contributed by atoms with Crippen LogP contribution in [0.1, 0.15) is 24.0 Å². The fourth-order valence-corrected chi connectivity index (χ4v) is 6.04. The molecule has 1 saturated carbocycles. The van der Waals surface area contributed by atoms with E-state index in [9.17, 15) is 39.9 Å². The number of aliphatic hydroxyl groups excluding tert-OH is 3. The molecule has 11 heteroatoms. The molecule has 0 radical (unpaired) electrons. The average Bonchev–Trinajstić information content (AvgIpc) is 2.72. The minimum Gasteiger partial charge on any atom is -0.508 e. The van der Waals surface area contributed by atoms with Gasteiger partial charge in [-0.25, -0.2) is 0 Å². The van der Waals surface area contributed by atoms with Crippen LogP contribution in [-0.2, 0) is 14.4 Å². The van der Waals surface area contributed by atoms with Gasteiger partial charge in [0.25, 0.3) is 5.91 Å². The second kappa shape index (κ2) is 7.52. The minimum atomic E-state index is -2.90. The number of likely N-dealkylation sites (N-methyl/N-ethyl adjacent to an activating group) is 1. The lowest BCUT2D eigenvalue weighted by Gasteiger charge is -2.53. The van der Waals surface area contributed by atoms with Gasteiger partial charge in [0, 0.05) is 11.5 Å². The Bertz CT molecular complexity index is 1190. The van der Waals surface area contributed by atoms with Crippen LogP contribution >= 0.6 is 22.6 Å². The highest BCUT2D eigenvalue weighted by atomic mass is 127. The van der Waals surface area contributed by atoms with Crippen molar-refractivity contribution in [1.82, 2.24) is 4.90 Å². The number of phenols is 1. The Morgan fingerprint density at radius 2 is 1.79 bits per heavy atom. The van der Waals surface area contributed by atoms with Crippen molar-refractivity contribution in [3.63, 3.8) is 0 Å². The van der Waals surface area contributed by atoms with Crippen LogP contribution in [0.4, 0.5) is 0 Å². The molecule has 7 N–H and O–H groups in total. The predicted molar refractivity (Wildman–Crippen MR) is 123 cm³/mol. The minimum absolute atomic E-state index is 0.0158. The van der Waals surface area contributed by atoms with Crippen LogP contribution in [-0.4, -0.2) is 79.7 Å². The molecule has 10 nitrogen and oxygen atoms in total. The summed E-state index contributed by atoms with van der Waals surface area (Å²) in [7, 11) is 2.92. The molecule has 1 amide bonds. The van der Waals surface area contributed by atoms with Gasteiger partial charge in [-0.2, -0.15) is 0 Å². The van der Waals surface area contributed by atoms with Crippen molar-refractivity contribution in [3.05, 3.63) is 43.7 Å². The first kappa shape index (κ1) is 23.7. The Kier molecular flexibility index (Phi) is 5.39. The number of benzene rings is 1. The number of phenolic OH excluding ortho intramolecular Hbond substituents is 1. The standard InChI is InChI=1S/C22H23IN2O8/c1-6-7-4-5-8(23)15(26)10(7)16(27)11-9(6)17(28)13-14(25(2)3)18(29)12(21(24)32)20(31)22(13,33)19(11)30/h4-6,9,13-14,17,26-28,31,33H,1-3H3,(H2,24,32)/t6-,9+,13+,14-,17-,22-/m0/s1.